The number of aromatic nitrogens is 1. The summed E-state index contributed by atoms with van der Waals surface area (Å²) in [5.41, 5.74) is 0. The van der Waals surface area contributed by atoms with E-state index in [0.717, 1.165) is 18.6 Å². The van der Waals surface area contributed by atoms with Crippen LogP contribution in [-0.4, -0.2) is 33.8 Å². The lowest BCUT2D eigenvalue weighted by Gasteiger charge is -2.24. The second kappa shape index (κ2) is 6.39. The van der Waals surface area contributed by atoms with Crippen LogP contribution >= 0.6 is 0 Å². The second-order valence-electron chi connectivity index (χ2n) is 5.53. The van der Waals surface area contributed by atoms with Crippen LogP contribution < -0.4 is 5.32 Å². The molecule has 0 aliphatic carbocycles. The third kappa shape index (κ3) is 3.15. The van der Waals surface area contributed by atoms with Gasteiger partial charge in [0.1, 0.15) is 5.76 Å². The first-order valence-corrected chi connectivity index (χ1v) is 7.52. The molecule has 0 radical (unpaired) electrons. The van der Waals surface area contributed by atoms with Crippen molar-refractivity contribution in [2.75, 3.05) is 0 Å². The maximum absolute atomic E-state index is 12.4. The normalized spacial score (nSPS) is 20.6. The summed E-state index contributed by atoms with van der Waals surface area (Å²) in [7, 11) is 0. The number of likely N-dealkylation sites (tertiary alicyclic amines) is 1. The minimum absolute atomic E-state index is 0.00362. The fourth-order valence-electron chi connectivity index (χ4n) is 2.76. The Morgan fingerprint density at radius 2 is 2.10 bits per heavy atom. The molecule has 2 heterocycles. The van der Waals surface area contributed by atoms with Gasteiger partial charge in [-0.25, -0.2) is 4.98 Å². The van der Waals surface area contributed by atoms with E-state index in [1.54, 1.807) is 6.20 Å². The van der Waals surface area contributed by atoms with Gasteiger partial charge in [-0.15, -0.1) is 0 Å². The lowest BCUT2D eigenvalue weighted by atomic mass is 10.1. The molecule has 0 saturated carbocycles. The molecule has 0 aromatic carbocycles. The van der Waals surface area contributed by atoms with E-state index in [-0.39, 0.29) is 30.3 Å². The van der Waals surface area contributed by atoms with Crippen molar-refractivity contribution in [1.82, 2.24) is 15.2 Å². The monoisotopic (exact) mass is 293 g/mol. The molecule has 2 rings (SSSR count). The van der Waals surface area contributed by atoms with Crippen LogP contribution in [0.1, 0.15) is 57.7 Å². The van der Waals surface area contributed by atoms with E-state index in [9.17, 15) is 9.59 Å². The second-order valence-corrected chi connectivity index (χ2v) is 5.53. The predicted molar refractivity (Wildman–Crippen MR) is 77.4 cm³/mol. The fourth-order valence-corrected chi connectivity index (χ4v) is 2.76. The molecule has 1 N–H and O–H groups in total. The highest BCUT2D eigenvalue weighted by molar-refractivity contribution is 6.05. The van der Waals surface area contributed by atoms with Crippen molar-refractivity contribution < 1.29 is 14.0 Å². The third-order valence-electron chi connectivity index (χ3n) is 3.95. The zero-order valence-corrected chi connectivity index (χ0v) is 13.0. The highest BCUT2D eigenvalue weighted by atomic mass is 16.4. The van der Waals surface area contributed by atoms with Crippen LogP contribution in [0.2, 0.25) is 0 Å². The number of carbonyl (C=O) groups excluding carboxylic acids is 2. The number of rotatable bonds is 6. The van der Waals surface area contributed by atoms with Gasteiger partial charge in [-0.05, 0) is 26.7 Å². The number of nitrogens with zero attached hydrogens (tertiary/aromatic N) is 2. The van der Waals surface area contributed by atoms with Crippen LogP contribution in [0.25, 0.3) is 0 Å². The van der Waals surface area contributed by atoms with Crippen molar-refractivity contribution in [3.8, 4) is 0 Å². The molecule has 0 bridgehead atoms. The predicted octanol–water partition coefficient (Wildman–Crippen LogP) is 1.95. The van der Waals surface area contributed by atoms with E-state index < -0.39 is 6.04 Å². The Kier molecular flexibility index (Phi) is 4.77. The Bertz CT molecular complexity index is 522. The van der Waals surface area contributed by atoms with Crippen LogP contribution in [0.4, 0.5) is 0 Å². The quantitative estimate of drug-likeness (QED) is 0.811. The van der Waals surface area contributed by atoms with Gasteiger partial charge in [0.05, 0.1) is 24.7 Å². The van der Waals surface area contributed by atoms with E-state index in [0.29, 0.717) is 5.89 Å². The summed E-state index contributed by atoms with van der Waals surface area (Å²) in [5.74, 6) is 1.03. The number of imide groups is 1. The SMILES string of the molecule is CCC(CC)N1C(=O)CC(NC(C)c2ncc(C)o2)C1=O. The van der Waals surface area contributed by atoms with Crippen molar-refractivity contribution in [2.24, 2.45) is 0 Å². The molecule has 0 spiro atoms. The van der Waals surface area contributed by atoms with Gasteiger partial charge < -0.3 is 4.42 Å². The molecule has 2 unspecified atom stereocenters. The smallest absolute Gasteiger partial charge is 0.247 e. The van der Waals surface area contributed by atoms with E-state index in [2.05, 4.69) is 10.3 Å². The van der Waals surface area contributed by atoms with E-state index >= 15 is 0 Å². The Hall–Kier alpha value is -1.69. The average molecular weight is 293 g/mol. The molecule has 6 nitrogen and oxygen atoms in total. The van der Waals surface area contributed by atoms with E-state index in [1.165, 1.54) is 4.90 Å². The summed E-state index contributed by atoms with van der Waals surface area (Å²) in [6.45, 7) is 7.69. The summed E-state index contributed by atoms with van der Waals surface area (Å²) >= 11 is 0. The Labute approximate surface area is 124 Å². The maximum Gasteiger partial charge on any atom is 0.247 e. The number of carbonyl (C=O) groups is 2. The number of aryl methyl sites for hydroxylation is 1. The van der Waals surface area contributed by atoms with Gasteiger partial charge in [0.25, 0.3) is 0 Å². The molecular weight excluding hydrogens is 270 g/mol. The Morgan fingerprint density at radius 1 is 1.43 bits per heavy atom. The van der Waals surface area contributed by atoms with Crippen molar-refractivity contribution in [3.05, 3.63) is 17.8 Å². The number of nitrogens with one attached hydrogen (secondary N) is 1. The van der Waals surface area contributed by atoms with Crippen molar-refractivity contribution >= 4 is 11.8 Å². The zero-order valence-electron chi connectivity index (χ0n) is 13.0. The van der Waals surface area contributed by atoms with Gasteiger partial charge in [0.2, 0.25) is 17.7 Å². The molecule has 1 aromatic rings. The number of oxazole rings is 1. The van der Waals surface area contributed by atoms with Crippen LogP contribution in [-0.2, 0) is 9.59 Å². The first kappa shape index (κ1) is 15.7. The molecule has 21 heavy (non-hydrogen) atoms. The summed E-state index contributed by atoms with van der Waals surface area (Å²) < 4.78 is 5.45. The molecule has 1 aliphatic rings. The minimum Gasteiger partial charge on any atom is -0.444 e. The molecule has 6 heteroatoms. The zero-order chi connectivity index (χ0) is 15.6. The lowest BCUT2D eigenvalue weighted by molar-refractivity contribution is -0.141. The summed E-state index contributed by atoms with van der Waals surface area (Å²) in [5, 5.41) is 3.15. The molecule has 2 amide bonds. The lowest BCUT2D eigenvalue weighted by Crippen LogP contribution is -2.44. The Morgan fingerprint density at radius 3 is 2.62 bits per heavy atom. The van der Waals surface area contributed by atoms with Crippen molar-refractivity contribution in [2.45, 2.75) is 65.1 Å². The summed E-state index contributed by atoms with van der Waals surface area (Å²) in [6.07, 6.45) is 3.43. The topological polar surface area (TPSA) is 75.4 Å². The minimum atomic E-state index is -0.486. The Balaban J connectivity index is 2.05. The van der Waals surface area contributed by atoms with Crippen LogP contribution in [0.3, 0.4) is 0 Å². The number of amides is 2. The largest absolute Gasteiger partial charge is 0.444 e. The highest BCUT2D eigenvalue weighted by Gasteiger charge is 2.42. The average Bonchev–Trinajstić information content (AvgIpc) is 2.99. The van der Waals surface area contributed by atoms with Gasteiger partial charge in [-0.3, -0.25) is 19.8 Å². The molecule has 1 fully saturated rings. The van der Waals surface area contributed by atoms with Crippen LogP contribution in [0.15, 0.2) is 10.6 Å². The molecule has 2 atom stereocenters. The summed E-state index contributed by atoms with van der Waals surface area (Å²) in [4.78, 5) is 30.1. The molecule has 1 aliphatic heterocycles. The van der Waals surface area contributed by atoms with Gasteiger partial charge >= 0.3 is 0 Å². The standard InChI is InChI=1S/C15H23N3O3/c1-5-11(6-2)18-13(19)7-12(15(18)20)17-10(4)14-16-8-9(3)21-14/h8,10-12,17H,5-7H2,1-4H3. The van der Waals surface area contributed by atoms with Crippen molar-refractivity contribution in [1.29, 1.82) is 0 Å². The van der Waals surface area contributed by atoms with E-state index in [4.69, 9.17) is 4.42 Å². The molecule has 1 aromatic heterocycles. The first-order valence-electron chi connectivity index (χ1n) is 7.52. The van der Waals surface area contributed by atoms with Crippen LogP contribution in [0, 0.1) is 6.92 Å². The van der Waals surface area contributed by atoms with Crippen LogP contribution in [0.5, 0.6) is 0 Å². The van der Waals surface area contributed by atoms with Gasteiger partial charge in [-0.1, -0.05) is 13.8 Å². The maximum atomic E-state index is 12.4. The number of hydrogen-bond donors (Lipinski definition) is 1. The first-order chi connectivity index (χ1) is 9.97. The van der Waals surface area contributed by atoms with Gasteiger partial charge in [-0.2, -0.15) is 0 Å². The molecule has 116 valence electrons. The highest BCUT2D eigenvalue weighted by Crippen LogP contribution is 2.22. The van der Waals surface area contributed by atoms with Crippen molar-refractivity contribution in [3.63, 3.8) is 0 Å². The van der Waals surface area contributed by atoms with Gasteiger partial charge in [0, 0.05) is 6.04 Å². The van der Waals surface area contributed by atoms with Gasteiger partial charge in [0.15, 0.2) is 0 Å². The summed E-state index contributed by atoms with van der Waals surface area (Å²) in [6, 6.07) is -0.696. The molecular formula is C15H23N3O3. The third-order valence-corrected chi connectivity index (χ3v) is 3.95. The van der Waals surface area contributed by atoms with E-state index in [1.807, 2.05) is 27.7 Å². The fraction of sp³-hybridized carbons (Fsp3) is 0.667. The molecule has 1 saturated heterocycles. The number of hydrogen-bond acceptors (Lipinski definition) is 5.